The minimum absolute atomic E-state index is 0.00620. The van der Waals surface area contributed by atoms with Gasteiger partial charge in [0, 0.05) is 37.0 Å². The predicted octanol–water partition coefficient (Wildman–Crippen LogP) is 2.61. The molecule has 6 nitrogen and oxygen atoms in total. The van der Waals surface area contributed by atoms with Gasteiger partial charge in [-0.05, 0) is 19.8 Å². The van der Waals surface area contributed by atoms with Gasteiger partial charge in [-0.2, -0.15) is 5.10 Å². The Bertz CT molecular complexity index is 633. The molecule has 1 aliphatic rings. The van der Waals surface area contributed by atoms with Crippen molar-refractivity contribution >= 4 is 5.91 Å². The fourth-order valence-electron chi connectivity index (χ4n) is 3.28. The topological polar surface area (TPSA) is 83.6 Å². The highest BCUT2D eigenvalue weighted by atomic mass is 16.1. The molecule has 0 aliphatic heterocycles. The van der Waals surface area contributed by atoms with Crippen LogP contribution < -0.4 is 5.32 Å². The Morgan fingerprint density at radius 3 is 2.87 bits per heavy atom. The first-order chi connectivity index (χ1) is 11.2. The number of carbonyl (C=O) groups is 1. The summed E-state index contributed by atoms with van der Waals surface area (Å²) in [4.78, 5) is 20.9. The maximum Gasteiger partial charge on any atom is 0.254 e. The van der Waals surface area contributed by atoms with Gasteiger partial charge < -0.3 is 5.32 Å². The summed E-state index contributed by atoms with van der Waals surface area (Å²) in [6.07, 6.45) is 13.4. The van der Waals surface area contributed by atoms with Crippen LogP contribution in [0.1, 0.15) is 66.7 Å². The molecule has 0 bridgehead atoms. The van der Waals surface area contributed by atoms with Gasteiger partial charge in [-0.15, -0.1) is 0 Å². The third kappa shape index (κ3) is 3.94. The zero-order chi connectivity index (χ0) is 16.1. The number of amides is 1. The molecular weight excluding hydrogens is 290 g/mol. The van der Waals surface area contributed by atoms with Gasteiger partial charge >= 0.3 is 0 Å². The number of nitrogens with one attached hydrogen (secondary N) is 2. The SMILES string of the molecule is C[C@@H](Cc1cnccn1)NC(=O)c1cn[nH]c1C1CCCCC1. The van der Waals surface area contributed by atoms with Crippen LogP contribution >= 0.6 is 0 Å². The molecule has 23 heavy (non-hydrogen) atoms. The molecule has 1 amide bonds. The van der Waals surface area contributed by atoms with Gasteiger partial charge in [0.1, 0.15) is 0 Å². The summed E-state index contributed by atoms with van der Waals surface area (Å²) in [6, 6.07) is -0.00620. The lowest BCUT2D eigenvalue weighted by Gasteiger charge is -2.21. The molecule has 122 valence electrons. The first kappa shape index (κ1) is 15.6. The van der Waals surface area contributed by atoms with Crippen molar-refractivity contribution in [1.29, 1.82) is 0 Å². The van der Waals surface area contributed by atoms with E-state index in [0.29, 0.717) is 17.9 Å². The van der Waals surface area contributed by atoms with Crippen LogP contribution in [0.15, 0.2) is 24.8 Å². The van der Waals surface area contributed by atoms with Crippen molar-refractivity contribution in [2.45, 2.75) is 57.4 Å². The number of H-pyrrole nitrogens is 1. The normalized spacial score (nSPS) is 16.9. The molecule has 3 rings (SSSR count). The molecule has 1 fully saturated rings. The lowest BCUT2D eigenvalue weighted by molar-refractivity contribution is 0.0938. The third-order valence-corrected chi connectivity index (χ3v) is 4.44. The number of hydrogen-bond acceptors (Lipinski definition) is 4. The van der Waals surface area contributed by atoms with Crippen molar-refractivity contribution in [3.05, 3.63) is 41.7 Å². The highest BCUT2D eigenvalue weighted by Crippen LogP contribution is 2.33. The molecule has 2 aromatic rings. The summed E-state index contributed by atoms with van der Waals surface area (Å²) < 4.78 is 0. The Morgan fingerprint density at radius 2 is 2.13 bits per heavy atom. The summed E-state index contributed by atoms with van der Waals surface area (Å²) in [6.45, 7) is 1.98. The number of aromatic amines is 1. The van der Waals surface area contributed by atoms with Crippen molar-refractivity contribution in [1.82, 2.24) is 25.5 Å². The number of hydrogen-bond donors (Lipinski definition) is 2. The molecule has 0 aromatic carbocycles. The van der Waals surface area contributed by atoms with Crippen molar-refractivity contribution in [2.24, 2.45) is 0 Å². The lowest BCUT2D eigenvalue weighted by Crippen LogP contribution is -2.34. The molecule has 1 saturated carbocycles. The number of nitrogens with zero attached hydrogens (tertiary/aromatic N) is 3. The Balaban J connectivity index is 1.63. The largest absolute Gasteiger partial charge is 0.349 e. The maximum atomic E-state index is 12.6. The van der Waals surface area contributed by atoms with Gasteiger partial charge in [-0.1, -0.05) is 19.3 Å². The second kappa shape index (κ2) is 7.35. The van der Waals surface area contributed by atoms with Gasteiger partial charge in [0.25, 0.3) is 5.91 Å². The van der Waals surface area contributed by atoms with E-state index in [-0.39, 0.29) is 11.9 Å². The van der Waals surface area contributed by atoms with E-state index in [1.165, 1.54) is 19.3 Å². The van der Waals surface area contributed by atoms with Crippen molar-refractivity contribution in [3.8, 4) is 0 Å². The van der Waals surface area contributed by atoms with Crippen LogP contribution in [-0.4, -0.2) is 32.1 Å². The molecule has 2 heterocycles. The molecular formula is C17H23N5O. The van der Waals surface area contributed by atoms with Gasteiger partial charge in [-0.25, -0.2) is 0 Å². The standard InChI is InChI=1S/C17H23N5O/c1-12(9-14-10-18-7-8-19-14)21-17(23)15-11-20-22-16(15)13-5-3-2-4-6-13/h7-8,10-13H,2-6,9H2,1H3,(H,20,22)(H,21,23)/t12-/m0/s1. The van der Waals surface area contributed by atoms with E-state index in [2.05, 4.69) is 25.5 Å². The van der Waals surface area contributed by atoms with E-state index in [4.69, 9.17) is 0 Å². The van der Waals surface area contributed by atoms with E-state index in [0.717, 1.165) is 24.2 Å². The van der Waals surface area contributed by atoms with Gasteiger partial charge in [0.15, 0.2) is 0 Å². The molecule has 0 radical (unpaired) electrons. The molecule has 6 heteroatoms. The molecule has 2 N–H and O–H groups in total. The minimum Gasteiger partial charge on any atom is -0.349 e. The highest BCUT2D eigenvalue weighted by Gasteiger charge is 2.24. The summed E-state index contributed by atoms with van der Waals surface area (Å²) in [7, 11) is 0. The van der Waals surface area contributed by atoms with Gasteiger partial charge in [-0.3, -0.25) is 19.9 Å². The van der Waals surface area contributed by atoms with Crippen molar-refractivity contribution < 1.29 is 4.79 Å². The summed E-state index contributed by atoms with van der Waals surface area (Å²) in [5.74, 6) is 0.373. The highest BCUT2D eigenvalue weighted by molar-refractivity contribution is 5.95. The van der Waals surface area contributed by atoms with Crippen LogP contribution in [0.4, 0.5) is 0 Å². The Kier molecular flexibility index (Phi) is 5.00. The number of carbonyl (C=O) groups excluding carboxylic acids is 1. The maximum absolute atomic E-state index is 12.6. The van der Waals surface area contributed by atoms with Crippen molar-refractivity contribution in [3.63, 3.8) is 0 Å². The van der Waals surface area contributed by atoms with Gasteiger partial charge in [0.2, 0.25) is 0 Å². The van der Waals surface area contributed by atoms with Crippen molar-refractivity contribution in [2.75, 3.05) is 0 Å². The van der Waals surface area contributed by atoms with Crippen LogP contribution in [0.3, 0.4) is 0 Å². The fourth-order valence-corrected chi connectivity index (χ4v) is 3.28. The monoisotopic (exact) mass is 313 g/mol. The van der Waals surface area contributed by atoms with Crippen LogP contribution in [0, 0.1) is 0 Å². The van der Waals surface area contributed by atoms with E-state index in [9.17, 15) is 4.79 Å². The van der Waals surface area contributed by atoms with Crippen LogP contribution in [0.25, 0.3) is 0 Å². The number of rotatable bonds is 5. The Hall–Kier alpha value is -2.24. The number of aromatic nitrogens is 4. The molecule has 0 spiro atoms. The smallest absolute Gasteiger partial charge is 0.254 e. The molecule has 0 saturated heterocycles. The van der Waals surface area contributed by atoms with E-state index >= 15 is 0 Å². The minimum atomic E-state index is -0.0595. The third-order valence-electron chi connectivity index (χ3n) is 4.44. The molecule has 0 unspecified atom stereocenters. The Labute approximate surface area is 136 Å². The average Bonchev–Trinajstić information content (AvgIpc) is 3.06. The van der Waals surface area contributed by atoms with E-state index in [1.807, 2.05) is 6.92 Å². The predicted molar refractivity (Wildman–Crippen MR) is 87.1 cm³/mol. The zero-order valence-electron chi connectivity index (χ0n) is 13.5. The zero-order valence-corrected chi connectivity index (χ0v) is 13.5. The second-order valence-electron chi connectivity index (χ2n) is 6.31. The van der Waals surface area contributed by atoms with Crippen LogP contribution in [-0.2, 0) is 6.42 Å². The summed E-state index contributed by atoms with van der Waals surface area (Å²) in [5.41, 5.74) is 2.55. The van der Waals surface area contributed by atoms with E-state index < -0.39 is 0 Å². The second-order valence-corrected chi connectivity index (χ2v) is 6.31. The molecule has 1 aliphatic carbocycles. The first-order valence-corrected chi connectivity index (χ1v) is 8.33. The van der Waals surface area contributed by atoms with Crippen LogP contribution in [0.5, 0.6) is 0 Å². The lowest BCUT2D eigenvalue weighted by atomic mass is 9.85. The summed E-state index contributed by atoms with van der Waals surface area (Å²) in [5, 5.41) is 10.2. The summed E-state index contributed by atoms with van der Waals surface area (Å²) >= 11 is 0. The Morgan fingerprint density at radius 1 is 1.30 bits per heavy atom. The quantitative estimate of drug-likeness (QED) is 0.888. The van der Waals surface area contributed by atoms with Gasteiger partial charge in [0.05, 0.1) is 23.1 Å². The average molecular weight is 313 g/mol. The van der Waals surface area contributed by atoms with E-state index in [1.54, 1.807) is 24.8 Å². The fraction of sp³-hybridized carbons (Fsp3) is 0.529. The molecule has 2 aromatic heterocycles. The van der Waals surface area contributed by atoms with Crippen LogP contribution in [0.2, 0.25) is 0 Å². The first-order valence-electron chi connectivity index (χ1n) is 8.33. The molecule has 1 atom stereocenters.